The lowest BCUT2D eigenvalue weighted by molar-refractivity contribution is 0.427. The number of aromatic nitrogens is 3. The molecule has 100 valence electrons. The van der Waals surface area contributed by atoms with Gasteiger partial charge in [-0.05, 0) is 62.5 Å². The van der Waals surface area contributed by atoms with Crippen molar-refractivity contribution in [3.05, 3.63) is 23.9 Å². The van der Waals surface area contributed by atoms with E-state index < -0.39 is 0 Å². The third-order valence-electron chi connectivity index (χ3n) is 4.50. The predicted octanol–water partition coefficient (Wildman–Crippen LogP) is 2.89. The third kappa shape index (κ3) is 2.20. The number of fused-ring (bicyclic) bond motifs is 1. The van der Waals surface area contributed by atoms with Gasteiger partial charge in [0.1, 0.15) is 0 Å². The molecule has 0 atom stereocenters. The molecular formula is C15H20N4. The van der Waals surface area contributed by atoms with Crippen molar-refractivity contribution >= 4 is 11.6 Å². The van der Waals surface area contributed by atoms with Gasteiger partial charge in [0.15, 0.2) is 5.65 Å². The number of hydrogen-bond acceptors (Lipinski definition) is 3. The van der Waals surface area contributed by atoms with E-state index in [1.165, 1.54) is 25.7 Å². The largest absolute Gasteiger partial charge is 0.353 e. The Bertz CT molecular complexity index is 583. The summed E-state index contributed by atoms with van der Waals surface area (Å²) >= 11 is 0. The quantitative estimate of drug-likeness (QED) is 0.894. The minimum absolute atomic E-state index is 0.778. The van der Waals surface area contributed by atoms with Crippen molar-refractivity contribution in [3.8, 4) is 0 Å². The Morgan fingerprint density at radius 1 is 1.26 bits per heavy atom. The molecule has 0 unspecified atom stereocenters. The van der Waals surface area contributed by atoms with E-state index in [0.717, 1.165) is 41.6 Å². The SMILES string of the molecule is Cc1cccc2nc(NCC(C3CC3)C3CC3)nn12. The highest BCUT2D eigenvalue weighted by Crippen LogP contribution is 2.49. The molecule has 0 bridgehead atoms. The summed E-state index contributed by atoms with van der Waals surface area (Å²) in [5, 5.41) is 8.00. The van der Waals surface area contributed by atoms with Crippen LogP contribution >= 0.6 is 0 Å². The maximum absolute atomic E-state index is 4.55. The molecule has 0 saturated heterocycles. The Morgan fingerprint density at radius 3 is 2.63 bits per heavy atom. The summed E-state index contributed by atoms with van der Waals surface area (Å²) in [5.41, 5.74) is 2.05. The molecule has 0 amide bonds. The summed E-state index contributed by atoms with van der Waals surface area (Å²) in [6.45, 7) is 3.11. The second kappa shape index (κ2) is 4.22. The fourth-order valence-electron chi connectivity index (χ4n) is 3.09. The minimum atomic E-state index is 0.778. The van der Waals surface area contributed by atoms with E-state index in [2.05, 4.69) is 28.4 Å². The molecule has 2 aliphatic rings. The van der Waals surface area contributed by atoms with Crippen LogP contribution in [0.2, 0.25) is 0 Å². The lowest BCUT2D eigenvalue weighted by Gasteiger charge is -2.14. The number of rotatable bonds is 5. The molecule has 1 N–H and O–H groups in total. The lowest BCUT2D eigenvalue weighted by atomic mass is 9.98. The van der Waals surface area contributed by atoms with Crippen LogP contribution in [0.3, 0.4) is 0 Å². The first kappa shape index (κ1) is 11.3. The zero-order valence-electron chi connectivity index (χ0n) is 11.3. The van der Waals surface area contributed by atoms with Gasteiger partial charge in [-0.15, -0.1) is 5.10 Å². The van der Waals surface area contributed by atoms with Gasteiger partial charge in [-0.2, -0.15) is 4.98 Å². The van der Waals surface area contributed by atoms with Crippen molar-refractivity contribution in [1.29, 1.82) is 0 Å². The summed E-state index contributed by atoms with van der Waals surface area (Å²) in [4.78, 5) is 4.55. The molecule has 2 aromatic heterocycles. The summed E-state index contributed by atoms with van der Waals surface area (Å²) in [7, 11) is 0. The fraction of sp³-hybridized carbons (Fsp3) is 0.600. The minimum Gasteiger partial charge on any atom is -0.353 e. The molecule has 2 fully saturated rings. The van der Waals surface area contributed by atoms with Gasteiger partial charge in [0.25, 0.3) is 0 Å². The Kier molecular flexibility index (Phi) is 2.50. The monoisotopic (exact) mass is 256 g/mol. The Hall–Kier alpha value is -1.58. The van der Waals surface area contributed by atoms with E-state index >= 15 is 0 Å². The number of aryl methyl sites for hydroxylation is 1. The highest BCUT2D eigenvalue weighted by atomic mass is 15.3. The Labute approximate surface area is 113 Å². The van der Waals surface area contributed by atoms with Crippen LogP contribution in [0.25, 0.3) is 5.65 Å². The molecule has 4 nitrogen and oxygen atoms in total. The van der Waals surface area contributed by atoms with Crippen molar-refractivity contribution < 1.29 is 0 Å². The molecule has 2 saturated carbocycles. The first-order valence-electron chi connectivity index (χ1n) is 7.37. The van der Waals surface area contributed by atoms with Crippen LogP contribution in [-0.4, -0.2) is 21.1 Å². The average Bonchev–Trinajstić information content (AvgIpc) is 3.29. The van der Waals surface area contributed by atoms with E-state index in [-0.39, 0.29) is 0 Å². The predicted molar refractivity (Wildman–Crippen MR) is 75.2 cm³/mol. The van der Waals surface area contributed by atoms with Gasteiger partial charge < -0.3 is 5.32 Å². The number of nitrogens with one attached hydrogen (secondary N) is 1. The van der Waals surface area contributed by atoms with E-state index in [1.807, 2.05) is 16.6 Å². The number of pyridine rings is 1. The van der Waals surface area contributed by atoms with Gasteiger partial charge in [0.05, 0.1) is 0 Å². The lowest BCUT2D eigenvalue weighted by Crippen LogP contribution is -2.18. The highest BCUT2D eigenvalue weighted by molar-refractivity contribution is 5.44. The van der Waals surface area contributed by atoms with Gasteiger partial charge in [-0.3, -0.25) is 0 Å². The topological polar surface area (TPSA) is 42.2 Å². The van der Waals surface area contributed by atoms with Crippen LogP contribution in [0.1, 0.15) is 31.4 Å². The molecule has 0 aliphatic heterocycles. The zero-order chi connectivity index (χ0) is 12.8. The maximum Gasteiger partial charge on any atom is 0.243 e. The maximum atomic E-state index is 4.55. The molecular weight excluding hydrogens is 236 g/mol. The van der Waals surface area contributed by atoms with Crippen LogP contribution in [0.5, 0.6) is 0 Å². The van der Waals surface area contributed by atoms with Gasteiger partial charge in [-0.1, -0.05) is 6.07 Å². The summed E-state index contributed by atoms with van der Waals surface area (Å²) < 4.78 is 1.91. The molecule has 2 aliphatic carbocycles. The molecule has 0 spiro atoms. The molecule has 2 aromatic rings. The molecule has 4 rings (SSSR count). The molecule has 0 aromatic carbocycles. The van der Waals surface area contributed by atoms with Crippen molar-refractivity contribution in [1.82, 2.24) is 14.6 Å². The van der Waals surface area contributed by atoms with Gasteiger partial charge in [0, 0.05) is 12.2 Å². The van der Waals surface area contributed by atoms with Crippen molar-refractivity contribution in [2.24, 2.45) is 17.8 Å². The third-order valence-corrected chi connectivity index (χ3v) is 4.50. The van der Waals surface area contributed by atoms with Crippen LogP contribution in [0.4, 0.5) is 5.95 Å². The molecule has 4 heteroatoms. The van der Waals surface area contributed by atoms with Crippen molar-refractivity contribution in [3.63, 3.8) is 0 Å². The van der Waals surface area contributed by atoms with E-state index in [1.54, 1.807) is 0 Å². The van der Waals surface area contributed by atoms with Gasteiger partial charge in [-0.25, -0.2) is 4.52 Å². The number of hydrogen-bond donors (Lipinski definition) is 1. The van der Waals surface area contributed by atoms with Crippen LogP contribution < -0.4 is 5.32 Å². The molecule has 19 heavy (non-hydrogen) atoms. The number of nitrogens with zero attached hydrogens (tertiary/aromatic N) is 3. The zero-order valence-corrected chi connectivity index (χ0v) is 11.3. The molecule has 2 heterocycles. The smallest absolute Gasteiger partial charge is 0.243 e. The summed E-state index contributed by atoms with van der Waals surface area (Å²) in [5.74, 6) is 3.57. The van der Waals surface area contributed by atoms with Crippen molar-refractivity contribution in [2.45, 2.75) is 32.6 Å². The van der Waals surface area contributed by atoms with Crippen LogP contribution in [-0.2, 0) is 0 Å². The summed E-state index contributed by atoms with van der Waals surface area (Å²) in [6.07, 6.45) is 5.72. The first-order chi connectivity index (χ1) is 9.31. The number of anilines is 1. The highest BCUT2D eigenvalue weighted by Gasteiger charge is 2.41. The molecule has 0 radical (unpaired) electrons. The van der Waals surface area contributed by atoms with Gasteiger partial charge >= 0.3 is 0 Å². The van der Waals surface area contributed by atoms with E-state index in [4.69, 9.17) is 0 Å². The summed E-state index contributed by atoms with van der Waals surface area (Å²) in [6, 6.07) is 6.09. The normalized spacial score (nSPS) is 19.3. The second-order valence-electron chi connectivity index (χ2n) is 6.09. The van der Waals surface area contributed by atoms with Gasteiger partial charge in [0.2, 0.25) is 5.95 Å². The average molecular weight is 256 g/mol. The Morgan fingerprint density at radius 2 is 2.00 bits per heavy atom. The first-order valence-corrected chi connectivity index (χ1v) is 7.37. The standard InChI is InChI=1S/C15H20N4/c1-10-3-2-4-14-17-15(18-19(10)14)16-9-13(11-5-6-11)12-7-8-12/h2-4,11-13H,5-9H2,1H3,(H,16,18). The van der Waals surface area contributed by atoms with Crippen molar-refractivity contribution in [2.75, 3.05) is 11.9 Å². The second-order valence-corrected chi connectivity index (χ2v) is 6.09. The fourth-order valence-corrected chi connectivity index (χ4v) is 3.09. The Balaban J connectivity index is 1.49. The van der Waals surface area contributed by atoms with E-state index in [0.29, 0.717) is 0 Å². The van der Waals surface area contributed by atoms with E-state index in [9.17, 15) is 0 Å². The van der Waals surface area contributed by atoms with Crippen LogP contribution in [0, 0.1) is 24.7 Å². The van der Waals surface area contributed by atoms with Crippen LogP contribution in [0.15, 0.2) is 18.2 Å².